The fraction of sp³-hybridized carbons (Fsp3) is 0.409. The fourth-order valence-electron chi connectivity index (χ4n) is 3.41. The van der Waals surface area contributed by atoms with Gasteiger partial charge in [0.2, 0.25) is 0 Å². The number of nitrogens with one attached hydrogen (secondary N) is 2. The molecule has 1 aliphatic rings. The molecule has 162 valence electrons. The first-order valence-electron chi connectivity index (χ1n) is 10.0. The van der Waals surface area contributed by atoms with Crippen molar-refractivity contribution in [2.24, 2.45) is 0 Å². The Morgan fingerprint density at radius 3 is 2.67 bits per heavy atom. The summed E-state index contributed by atoms with van der Waals surface area (Å²) in [6.07, 6.45) is 1.90. The first-order valence-corrected chi connectivity index (χ1v) is 11.5. The molecule has 2 aromatic rings. The van der Waals surface area contributed by atoms with E-state index < -0.39 is 10.0 Å². The topological polar surface area (TPSA) is 93.7 Å². The van der Waals surface area contributed by atoms with Crippen molar-refractivity contribution >= 4 is 21.6 Å². The van der Waals surface area contributed by atoms with E-state index in [4.69, 9.17) is 9.47 Å². The predicted molar refractivity (Wildman–Crippen MR) is 116 cm³/mol. The first kappa shape index (κ1) is 22.1. The molecule has 0 aromatic heterocycles. The molecule has 2 aromatic carbocycles. The number of hydrogen-bond acceptors (Lipinski definition) is 5. The minimum absolute atomic E-state index is 0.00607. The van der Waals surface area contributed by atoms with Gasteiger partial charge < -0.3 is 14.8 Å². The molecule has 3 rings (SSSR count). The summed E-state index contributed by atoms with van der Waals surface area (Å²) < 4.78 is 39.4. The Labute approximate surface area is 177 Å². The number of rotatable bonds is 8. The quantitative estimate of drug-likeness (QED) is 0.666. The molecule has 0 spiro atoms. The number of hydrogen-bond donors (Lipinski definition) is 2. The summed E-state index contributed by atoms with van der Waals surface area (Å²) in [5, 5.41) is 2.83. The summed E-state index contributed by atoms with van der Waals surface area (Å²) in [5.41, 5.74) is 1.28. The molecular formula is C22H28N2O5S. The highest BCUT2D eigenvalue weighted by molar-refractivity contribution is 7.92. The van der Waals surface area contributed by atoms with Gasteiger partial charge in [-0.05, 0) is 54.7 Å². The summed E-state index contributed by atoms with van der Waals surface area (Å²) >= 11 is 0. The Morgan fingerprint density at radius 2 is 2.00 bits per heavy atom. The maximum absolute atomic E-state index is 13.0. The Bertz CT molecular complexity index is 998. The van der Waals surface area contributed by atoms with E-state index in [1.54, 1.807) is 43.5 Å². The van der Waals surface area contributed by atoms with E-state index in [0.29, 0.717) is 18.9 Å². The summed E-state index contributed by atoms with van der Waals surface area (Å²) in [4.78, 5) is 12.8. The van der Waals surface area contributed by atoms with Gasteiger partial charge in [0.25, 0.3) is 15.9 Å². The molecule has 8 heteroatoms. The van der Waals surface area contributed by atoms with E-state index in [2.05, 4.69) is 10.0 Å². The van der Waals surface area contributed by atoms with Crippen molar-refractivity contribution in [2.45, 2.75) is 43.6 Å². The van der Waals surface area contributed by atoms with Gasteiger partial charge in [-0.15, -0.1) is 0 Å². The molecule has 30 heavy (non-hydrogen) atoms. The molecule has 0 bridgehead atoms. The van der Waals surface area contributed by atoms with Crippen LogP contribution in [0.3, 0.4) is 0 Å². The maximum Gasteiger partial charge on any atom is 0.261 e. The molecule has 0 aliphatic carbocycles. The van der Waals surface area contributed by atoms with Crippen molar-refractivity contribution in [1.82, 2.24) is 5.32 Å². The lowest BCUT2D eigenvalue weighted by molar-refractivity contribution is 0.0858. The molecule has 1 unspecified atom stereocenters. The normalized spacial score (nSPS) is 16.5. The molecule has 1 atom stereocenters. The van der Waals surface area contributed by atoms with Gasteiger partial charge in [-0.25, -0.2) is 8.42 Å². The molecule has 1 amide bonds. The maximum atomic E-state index is 13.0. The highest BCUT2D eigenvalue weighted by Gasteiger charge is 2.22. The second kappa shape index (κ2) is 9.49. The summed E-state index contributed by atoms with van der Waals surface area (Å²) in [7, 11) is -2.34. The van der Waals surface area contributed by atoms with Crippen LogP contribution in [0.15, 0.2) is 47.4 Å². The summed E-state index contributed by atoms with van der Waals surface area (Å²) in [6.45, 7) is 5.04. The average Bonchev–Trinajstić information content (AvgIpc) is 3.25. The minimum Gasteiger partial charge on any atom is -0.496 e. The number of ether oxygens (including phenoxy) is 2. The first-order chi connectivity index (χ1) is 14.3. The van der Waals surface area contributed by atoms with Crippen LogP contribution in [0.2, 0.25) is 0 Å². The molecule has 0 radical (unpaired) electrons. The number of anilines is 1. The Morgan fingerprint density at radius 1 is 1.23 bits per heavy atom. The van der Waals surface area contributed by atoms with Gasteiger partial charge in [0, 0.05) is 13.2 Å². The number of carbonyl (C=O) groups is 1. The van der Waals surface area contributed by atoms with Crippen LogP contribution in [-0.4, -0.2) is 40.7 Å². The summed E-state index contributed by atoms with van der Waals surface area (Å²) in [5.74, 6) is 0.380. The second-order valence-corrected chi connectivity index (χ2v) is 9.24. The third-order valence-corrected chi connectivity index (χ3v) is 6.43. The zero-order chi connectivity index (χ0) is 21.7. The SMILES string of the molecule is COc1ccc(S(=O)(=O)Nc2ccccc2C(=O)NCC2CCCO2)cc1C(C)C. The van der Waals surface area contributed by atoms with Gasteiger partial charge in [-0.1, -0.05) is 26.0 Å². The van der Waals surface area contributed by atoms with Crippen LogP contribution in [0, 0.1) is 0 Å². The van der Waals surface area contributed by atoms with Crippen LogP contribution in [0.1, 0.15) is 48.5 Å². The van der Waals surface area contributed by atoms with E-state index >= 15 is 0 Å². The van der Waals surface area contributed by atoms with Crippen molar-refractivity contribution in [1.29, 1.82) is 0 Å². The smallest absolute Gasteiger partial charge is 0.261 e. The minimum atomic E-state index is -3.89. The Kier molecular flexibility index (Phi) is 6.99. The third-order valence-electron chi connectivity index (χ3n) is 5.06. The van der Waals surface area contributed by atoms with Crippen LogP contribution >= 0.6 is 0 Å². The standard InChI is InChI=1S/C22H28N2O5S/c1-15(2)19-13-17(10-11-21(19)28-3)30(26,27)24-20-9-5-4-8-18(20)22(25)23-14-16-7-6-12-29-16/h4-5,8-11,13,15-16,24H,6-7,12,14H2,1-3H3,(H,23,25). The van der Waals surface area contributed by atoms with E-state index in [1.807, 2.05) is 13.8 Å². The zero-order valence-electron chi connectivity index (χ0n) is 17.5. The zero-order valence-corrected chi connectivity index (χ0v) is 18.3. The summed E-state index contributed by atoms with van der Waals surface area (Å²) in [6, 6.07) is 11.3. The van der Waals surface area contributed by atoms with Crippen LogP contribution in [0.5, 0.6) is 5.75 Å². The highest BCUT2D eigenvalue weighted by atomic mass is 32.2. The van der Waals surface area contributed by atoms with Gasteiger partial charge in [-0.2, -0.15) is 0 Å². The molecule has 2 N–H and O–H groups in total. The molecular weight excluding hydrogens is 404 g/mol. The Hall–Kier alpha value is -2.58. The van der Waals surface area contributed by atoms with Gasteiger partial charge in [0.15, 0.2) is 0 Å². The third kappa shape index (κ3) is 5.12. The predicted octanol–water partition coefficient (Wildman–Crippen LogP) is 3.53. The van der Waals surface area contributed by atoms with Gasteiger partial charge in [0.05, 0.1) is 29.4 Å². The lowest BCUT2D eigenvalue weighted by atomic mass is 10.0. The average molecular weight is 433 g/mol. The van der Waals surface area contributed by atoms with Gasteiger partial charge >= 0.3 is 0 Å². The molecule has 1 aliphatic heterocycles. The lowest BCUT2D eigenvalue weighted by Crippen LogP contribution is -2.32. The van der Waals surface area contributed by atoms with Gasteiger partial charge in [-0.3, -0.25) is 9.52 Å². The van der Waals surface area contributed by atoms with Crippen LogP contribution in [0.4, 0.5) is 5.69 Å². The van der Waals surface area contributed by atoms with Crippen LogP contribution in [-0.2, 0) is 14.8 Å². The van der Waals surface area contributed by atoms with Crippen LogP contribution < -0.4 is 14.8 Å². The Balaban J connectivity index is 1.81. The molecule has 0 saturated carbocycles. The second-order valence-electron chi connectivity index (χ2n) is 7.55. The van der Waals surface area contributed by atoms with Crippen molar-refractivity contribution in [3.8, 4) is 5.75 Å². The van der Waals surface area contributed by atoms with E-state index in [9.17, 15) is 13.2 Å². The number of amides is 1. The lowest BCUT2D eigenvalue weighted by Gasteiger charge is -2.16. The number of methoxy groups -OCH3 is 1. The number of para-hydroxylation sites is 1. The number of benzene rings is 2. The van der Waals surface area contributed by atoms with Crippen molar-refractivity contribution in [2.75, 3.05) is 25.0 Å². The van der Waals surface area contributed by atoms with E-state index in [1.165, 1.54) is 6.07 Å². The van der Waals surface area contributed by atoms with Crippen molar-refractivity contribution in [3.63, 3.8) is 0 Å². The van der Waals surface area contributed by atoms with E-state index in [-0.39, 0.29) is 34.1 Å². The molecule has 1 saturated heterocycles. The van der Waals surface area contributed by atoms with Crippen LogP contribution in [0.25, 0.3) is 0 Å². The number of carbonyl (C=O) groups excluding carboxylic acids is 1. The highest BCUT2D eigenvalue weighted by Crippen LogP contribution is 2.30. The number of sulfonamides is 1. The fourth-order valence-corrected chi connectivity index (χ4v) is 4.53. The van der Waals surface area contributed by atoms with E-state index in [0.717, 1.165) is 18.4 Å². The van der Waals surface area contributed by atoms with Gasteiger partial charge in [0.1, 0.15) is 5.75 Å². The van der Waals surface area contributed by atoms with Crippen molar-refractivity contribution < 1.29 is 22.7 Å². The largest absolute Gasteiger partial charge is 0.496 e. The molecule has 7 nitrogen and oxygen atoms in total. The van der Waals surface area contributed by atoms with Crippen molar-refractivity contribution in [3.05, 3.63) is 53.6 Å². The monoisotopic (exact) mass is 432 g/mol. The molecule has 1 heterocycles. The molecule has 1 fully saturated rings.